The van der Waals surface area contributed by atoms with Crippen molar-refractivity contribution >= 4 is 5.57 Å². The van der Waals surface area contributed by atoms with Crippen LogP contribution in [0.25, 0.3) is 5.57 Å². The van der Waals surface area contributed by atoms with Crippen LogP contribution in [0, 0.1) is 5.41 Å². The van der Waals surface area contributed by atoms with Crippen LogP contribution in [0.5, 0.6) is 0 Å². The van der Waals surface area contributed by atoms with E-state index in [-0.39, 0.29) is 12.0 Å². The van der Waals surface area contributed by atoms with Crippen LogP contribution in [0.3, 0.4) is 0 Å². The summed E-state index contributed by atoms with van der Waals surface area (Å²) < 4.78 is 5.28. The van der Waals surface area contributed by atoms with Gasteiger partial charge in [-0.15, -0.1) is 0 Å². The minimum Gasteiger partial charge on any atom is -0.396 e. The predicted molar refractivity (Wildman–Crippen MR) is 85.2 cm³/mol. The predicted octanol–water partition coefficient (Wildman–Crippen LogP) is 2.35. The van der Waals surface area contributed by atoms with Crippen molar-refractivity contribution in [3.05, 3.63) is 41.5 Å². The van der Waals surface area contributed by atoms with Crippen molar-refractivity contribution in [3.63, 3.8) is 0 Å². The first kappa shape index (κ1) is 14.8. The van der Waals surface area contributed by atoms with Crippen molar-refractivity contribution in [2.75, 3.05) is 39.5 Å². The first-order valence-electron chi connectivity index (χ1n) is 7.94. The minimum absolute atomic E-state index is 0.00584. The molecule has 114 valence electrons. The Hall–Kier alpha value is -1.16. The summed E-state index contributed by atoms with van der Waals surface area (Å²) in [5.74, 6) is 0. The van der Waals surface area contributed by atoms with Crippen molar-refractivity contribution in [2.24, 2.45) is 5.41 Å². The Morgan fingerprint density at radius 3 is 2.48 bits per heavy atom. The van der Waals surface area contributed by atoms with Crippen molar-refractivity contribution in [1.82, 2.24) is 4.90 Å². The second-order valence-electron chi connectivity index (χ2n) is 6.42. The van der Waals surface area contributed by atoms with Crippen molar-refractivity contribution in [3.8, 4) is 0 Å². The van der Waals surface area contributed by atoms with E-state index in [1.807, 2.05) is 0 Å². The van der Waals surface area contributed by atoms with E-state index in [1.54, 1.807) is 0 Å². The van der Waals surface area contributed by atoms with Gasteiger partial charge in [0.2, 0.25) is 0 Å². The van der Waals surface area contributed by atoms with Crippen LogP contribution in [0.1, 0.15) is 24.5 Å². The maximum absolute atomic E-state index is 9.52. The second kappa shape index (κ2) is 6.30. The van der Waals surface area contributed by atoms with Crippen LogP contribution in [0.2, 0.25) is 0 Å². The average molecular weight is 287 g/mol. The van der Waals surface area contributed by atoms with Crippen molar-refractivity contribution in [1.29, 1.82) is 0 Å². The summed E-state index contributed by atoms with van der Waals surface area (Å²) in [6.45, 7) is 6.83. The third-order valence-electron chi connectivity index (χ3n) is 4.74. The highest BCUT2D eigenvalue weighted by atomic mass is 16.5. The molecule has 3 rings (SSSR count). The van der Waals surface area contributed by atoms with Gasteiger partial charge in [-0.05, 0) is 29.5 Å². The third kappa shape index (κ3) is 3.20. The zero-order valence-corrected chi connectivity index (χ0v) is 12.8. The molecule has 3 heteroatoms. The smallest absolute Gasteiger partial charge is 0.0579 e. The zero-order chi connectivity index (χ0) is 14.7. The number of aliphatic hydroxyl groups excluding tert-OH is 1. The number of aliphatic hydroxyl groups is 1. The Morgan fingerprint density at radius 2 is 2.00 bits per heavy atom. The molecular weight excluding hydrogens is 262 g/mol. The van der Waals surface area contributed by atoms with E-state index in [4.69, 9.17) is 4.74 Å². The maximum Gasteiger partial charge on any atom is 0.0579 e. The summed E-state index contributed by atoms with van der Waals surface area (Å²) in [7, 11) is 0. The van der Waals surface area contributed by atoms with E-state index in [0.29, 0.717) is 13.2 Å². The van der Waals surface area contributed by atoms with Crippen molar-refractivity contribution < 1.29 is 9.84 Å². The normalized spacial score (nSPS) is 21.7. The number of ether oxygens (including phenoxy) is 1. The van der Waals surface area contributed by atoms with Gasteiger partial charge in [-0.1, -0.05) is 37.3 Å². The Bertz CT molecular complexity index is 497. The Morgan fingerprint density at radius 1 is 1.24 bits per heavy atom. The first-order chi connectivity index (χ1) is 10.2. The molecule has 0 saturated carbocycles. The topological polar surface area (TPSA) is 32.7 Å². The highest BCUT2D eigenvalue weighted by molar-refractivity contribution is 5.66. The fourth-order valence-electron chi connectivity index (χ4n) is 3.17. The number of benzene rings is 1. The summed E-state index contributed by atoms with van der Waals surface area (Å²) >= 11 is 0. The minimum atomic E-state index is -0.00584. The van der Waals surface area contributed by atoms with E-state index in [9.17, 15) is 5.11 Å². The van der Waals surface area contributed by atoms with Crippen molar-refractivity contribution in [2.45, 2.75) is 19.8 Å². The highest BCUT2D eigenvalue weighted by Crippen LogP contribution is 2.30. The Kier molecular flexibility index (Phi) is 4.43. The van der Waals surface area contributed by atoms with Crippen LogP contribution in [-0.4, -0.2) is 49.5 Å². The van der Waals surface area contributed by atoms with E-state index in [2.05, 4.69) is 42.2 Å². The molecular formula is C18H25NO2. The van der Waals surface area contributed by atoms with Gasteiger partial charge < -0.3 is 9.84 Å². The molecule has 1 saturated heterocycles. The van der Waals surface area contributed by atoms with Crippen LogP contribution >= 0.6 is 0 Å². The maximum atomic E-state index is 9.52. The molecule has 0 aliphatic carbocycles. The number of rotatable bonds is 5. The molecule has 0 aromatic heterocycles. The quantitative estimate of drug-likeness (QED) is 0.902. The average Bonchev–Trinajstić information content (AvgIpc) is 2.52. The number of aryl methyl sites for hydroxylation is 1. The molecule has 0 radical (unpaired) electrons. The second-order valence-corrected chi connectivity index (χ2v) is 6.42. The molecule has 0 spiro atoms. The highest BCUT2D eigenvalue weighted by Gasteiger charge is 2.39. The van der Waals surface area contributed by atoms with Gasteiger partial charge in [0.25, 0.3) is 0 Å². The van der Waals surface area contributed by atoms with Gasteiger partial charge >= 0.3 is 0 Å². The molecule has 0 atom stereocenters. The van der Waals surface area contributed by atoms with Crippen LogP contribution in [0.15, 0.2) is 30.3 Å². The molecule has 2 heterocycles. The van der Waals surface area contributed by atoms with E-state index >= 15 is 0 Å². The molecule has 2 aliphatic rings. The fraction of sp³-hybridized carbons (Fsp3) is 0.556. The van der Waals surface area contributed by atoms with Crippen LogP contribution < -0.4 is 0 Å². The van der Waals surface area contributed by atoms with Gasteiger partial charge in [-0.25, -0.2) is 0 Å². The van der Waals surface area contributed by atoms with Crippen LogP contribution in [-0.2, 0) is 11.2 Å². The molecule has 21 heavy (non-hydrogen) atoms. The molecule has 2 aliphatic heterocycles. The van der Waals surface area contributed by atoms with Gasteiger partial charge in [-0.3, -0.25) is 4.90 Å². The molecule has 0 amide bonds. The Labute approximate surface area is 127 Å². The summed E-state index contributed by atoms with van der Waals surface area (Å²) in [5, 5.41) is 9.52. The summed E-state index contributed by atoms with van der Waals surface area (Å²) in [5.41, 5.74) is 4.20. The van der Waals surface area contributed by atoms with E-state index in [1.165, 1.54) is 16.7 Å². The molecule has 0 unspecified atom stereocenters. The third-order valence-corrected chi connectivity index (χ3v) is 4.74. The molecule has 1 aromatic carbocycles. The Balaban J connectivity index is 1.60. The van der Waals surface area contributed by atoms with Gasteiger partial charge in [-0.2, -0.15) is 0 Å². The van der Waals surface area contributed by atoms with Crippen LogP contribution in [0.4, 0.5) is 0 Å². The lowest BCUT2D eigenvalue weighted by atomic mass is 9.85. The van der Waals surface area contributed by atoms with Gasteiger partial charge in [0.15, 0.2) is 0 Å². The summed E-state index contributed by atoms with van der Waals surface area (Å²) in [6.07, 6.45) is 4.53. The molecule has 1 fully saturated rings. The molecule has 0 bridgehead atoms. The van der Waals surface area contributed by atoms with E-state index < -0.39 is 0 Å². The lowest BCUT2D eigenvalue weighted by Gasteiger charge is -2.43. The SMILES string of the molecule is CCc1ccc(C2=CCN(CC3(CO)COC3)CC2)cc1. The van der Waals surface area contributed by atoms with Gasteiger partial charge in [0, 0.05) is 19.6 Å². The monoisotopic (exact) mass is 287 g/mol. The lowest BCUT2D eigenvalue weighted by Crippen LogP contribution is -2.53. The molecule has 3 nitrogen and oxygen atoms in total. The number of hydrogen-bond donors (Lipinski definition) is 1. The fourth-order valence-corrected chi connectivity index (χ4v) is 3.17. The largest absolute Gasteiger partial charge is 0.396 e. The summed E-state index contributed by atoms with van der Waals surface area (Å²) in [4.78, 5) is 2.43. The number of nitrogens with zero attached hydrogens (tertiary/aromatic N) is 1. The molecule has 1 N–H and O–H groups in total. The first-order valence-corrected chi connectivity index (χ1v) is 7.94. The van der Waals surface area contributed by atoms with E-state index in [0.717, 1.165) is 32.5 Å². The zero-order valence-electron chi connectivity index (χ0n) is 12.8. The standard InChI is InChI=1S/C18H25NO2/c1-2-15-3-5-16(6-4-15)17-7-9-19(10-8-17)11-18(12-20)13-21-14-18/h3-7,20H,2,8-14H2,1H3. The van der Waals surface area contributed by atoms with Gasteiger partial charge in [0.1, 0.15) is 0 Å². The van der Waals surface area contributed by atoms with Gasteiger partial charge in [0.05, 0.1) is 25.2 Å². The summed E-state index contributed by atoms with van der Waals surface area (Å²) in [6, 6.07) is 8.95. The lowest BCUT2D eigenvalue weighted by molar-refractivity contribution is -0.147. The molecule has 1 aromatic rings. The number of hydrogen-bond acceptors (Lipinski definition) is 3.